The third-order valence-electron chi connectivity index (χ3n) is 6.87. The number of nitrogens with zero attached hydrogens (tertiary/aromatic N) is 2. The molecule has 0 aromatic rings. The Kier molecular flexibility index (Phi) is 7.10. The summed E-state index contributed by atoms with van der Waals surface area (Å²) in [7, 11) is 0.309. The van der Waals surface area contributed by atoms with Crippen molar-refractivity contribution in [3.8, 4) is 0 Å². The third kappa shape index (κ3) is 3.66. The minimum atomic E-state index is -1.71. The van der Waals surface area contributed by atoms with Crippen molar-refractivity contribution in [2.75, 3.05) is 26.7 Å². The molecule has 1 saturated heterocycles. The maximum Gasteiger partial charge on any atom is 0.234 e. The average Bonchev–Trinajstić information content (AvgIpc) is 2.81. The van der Waals surface area contributed by atoms with Crippen LogP contribution in [0.4, 0.5) is 0 Å². The second-order valence-electron chi connectivity index (χ2n) is 8.15. The van der Waals surface area contributed by atoms with Crippen molar-refractivity contribution in [3.05, 3.63) is 11.3 Å². The summed E-state index contributed by atoms with van der Waals surface area (Å²) >= 11 is 0. The van der Waals surface area contributed by atoms with Gasteiger partial charge in [-0.15, -0.1) is 0 Å². The molecule has 0 radical (unpaired) electrons. The zero-order valence-electron chi connectivity index (χ0n) is 17.7. The molecule has 5 nitrogen and oxygen atoms in total. The number of aliphatic hydroxyl groups is 1. The molecule has 1 amide bonds. The van der Waals surface area contributed by atoms with Crippen molar-refractivity contribution >= 4 is 14.2 Å². The lowest BCUT2D eigenvalue weighted by Gasteiger charge is -2.49. The van der Waals surface area contributed by atoms with Crippen LogP contribution in [0, 0.1) is 11.8 Å². The van der Waals surface area contributed by atoms with Crippen LogP contribution in [0.2, 0.25) is 18.1 Å². The molecule has 0 aromatic carbocycles. The van der Waals surface area contributed by atoms with Gasteiger partial charge < -0.3 is 19.3 Å². The summed E-state index contributed by atoms with van der Waals surface area (Å²) in [6.07, 6.45) is 0.0000352. The summed E-state index contributed by atoms with van der Waals surface area (Å²) in [5, 5.41) is 9.16. The summed E-state index contributed by atoms with van der Waals surface area (Å²) in [5.74, 6) is 0.570. The topological polar surface area (TPSA) is 53.0 Å². The van der Waals surface area contributed by atoms with Crippen molar-refractivity contribution in [3.63, 3.8) is 0 Å². The highest BCUT2D eigenvalue weighted by atomic mass is 28.4. The number of carbonyl (C=O) groups excluding carboxylic acids is 1. The highest BCUT2D eigenvalue weighted by molar-refractivity contribution is 6.73. The minimum Gasteiger partial charge on any atom is -0.413 e. The number of likely N-dealkylation sites (N-methyl/N-ethyl adjacent to an activating group) is 1. The van der Waals surface area contributed by atoms with Gasteiger partial charge in [0.2, 0.25) is 5.91 Å². The summed E-state index contributed by atoms with van der Waals surface area (Å²) in [6.45, 7) is 14.8. The van der Waals surface area contributed by atoms with E-state index in [1.54, 1.807) is 0 Å². The van der Waals surface area contributed by atoms with Gasteiger partial charge in [-0.3, -0.25) is 4.79 Å². The number of β-lactam (4-membered cyclic amide) rings is 1. The van der Waals surface area contributed by atoms with Crippen LogP contribution in [0.5, 0.6) is 0 Å². The van der Waals surface area contributed by atoms with E-state index in [4.69, 9.17) is 9.53 Å². The van der Waals surface area contributed by atoms with E-state index in [9.17, 15) is 4.79 Å². The average molecular weight is 383 g/mol. The first-order valence-electron chi connectivity index (χ1n) is 10.3. The zero-order valence-corrected chi connectivity index (χ0v) is 18.7. The monoisotopic (exact) mass is 382 g/mol. The van der Waals surface area contributed by atoms with Gasteiger partial charge in [0.15, 0.2) is 8.32 Å². The first-order valence-corrected chi connectivity index (χ1v) is 12.8. The van der Waals surface area contributed by atoms with Crippen LogP contribution in [0.15, 0.2) is 11.3 Å². The predicted octanol–water partition coefficient (Wildman–Crippen LogP) is 3.07. The van der Waals surface area contributed by atoms with Gasteiger partial charge in [0.25, 0.3) is 0 Å². The quantitative estimate of drug-likeness (QED) is 0.466. The fraction of sp³-hybridized carbons (Fsp3) is 0.850. The number of hydrogen-bond donors (Lipinski definition) is 1. The molecule has 6 heteroatoms. The fourth-order valence-corrected chi connectivity index (χ4v) is 7.83. The van der Waals surface area contributed by atoms with Gasteiger partial charge in [-0.2, -0.15) is 0 Å². The van der Waals surface area contributed by atoms with Crippen LogP contribution < -0.4 is 0 Å². The standard InChI is InChI=1S/C20H38N2O3Si/c1-8-26(9-2,10-3)25-16(6)18-19-14(4)17(13-21(7)11-12-23)15(5)22(19)20(18)24/h14,16,18-19,23H,8-13H2,1-7H3/t14-,16+,18+,19+/m0/s1. The summed E-state index contributed by atoms with van der Waals surface area (Å²) in [6, 6.07) is 3.59. The van der Waals surface area contributed by atoms with E-state index in [1.165, 1.54) is 5.57 Å². The molecule has 0 saturated carbocycles. The molecule has 4 atom stereocenters. The molecule has 2 aliphatic heterocycles. The Morgan fingerprint density at radius 3 is 2.35 bits per heavy atom. The van der Waals surface area contributed by atoms with E-state index in [2.05, 4.69) is 46.4 Å². The van der Waals surface area contributed by atoms with Crippen molar-refractivity contribution in [1.29, 1.82) is 0 Å². The SMILES string of the molecule is CC[Si](CC)(CC)O[C@H](C)[C@H]1C(=O)N2C(C)=C(CN(C)CCO)[C@H](C)[C@H]12. The Labute approximate surface area is 160 Å². The van der Waals surface area contributed by atoms with Gasteiger partial charge in [-0.05, 0) is 44.6 Å². The van der Waals surface area contributed by atoms with E-state index in [0.717, 1.165) is 30.4 Å². The van der Waals surface area contributed by atoms with E-state index in [-0.39, 0.29) is 30.6 Å². The van der Waals surface area contributed by atoms with Crippen molar-refractivity contribution in [2.24, 2.45) is 11.8 Å². The molecule has 0 aromatic heterocycles. The van der Waals surface area contributed by atoms with Crippen molar-refractivity contribution in [2.45, 2.75) is 71.8 Å². The van der Waals surface area contributed by atoms with E-state index in [0.29, 0.717) is 12.5 Å². The molecule has 0 spiro atoms. The second kappa shape index (κ2) is 8.55. The number of carbonyl (C=O) groups is 1. The molecule has 1 N–H and O–H groups in total. The lowest BCUT2D eigenvalue weighted by molar-refractivity contribution is -0.158. The molecular weight excluding hydrogens is 344 g/mol. The molecule has 2 rings (SSSR count). The number of fused-ring (bicyclic) bond motifs is 1. The molecular formula is C20H38N2O3Si. The van der Waals surface area contributed by atoms with Crippen molar-refractivity contribution < 1.29 is 14.3 Å². The Morgan fingerprint density at radius 2 is 1.85 bits per heavy atom. The van der Waals surface area contributed by atoms with Crippen molar-refractivity contribution in [1.82, 2.24) is 9.80 Å². The molecule has 2 heterocycles. The first-order chi connectivity index (χ1) is 12.3. The lowest BCUT2D eigenvalue weighted by atomic mass is 9.77. The predicted molar refractivity (Wildman–Crippen MR) is 108 cm³/mol. The van der Waals surface area contributed by atoms with Gasteiger partial charge in [0.05, 0.1) is 24.7 Å². The van der Waals surface area contributed by atoms with E-state index >= 15 is 0 Å². The van der Waals surface area contributed by atoms with Gasteiger partial charge in [-0.1, -0.05) is 27.7 Å². The molecule has 26 heavy (non-hydrogen) atoms. The molecule has 150 valence electrons. The van der Waals surface area contributed by atoms with E-state index < -0.39 is 8.32 Å². The van der Waals surface area contributed by atoms with Gasteiger partial charge in [0.1, 0.15) is 0 Å². The molecule has 1 fully saturated rings. The molecule has 0 aliphatic carbocycles. The normalized spacial score (nSPS) is 27.2. The fourth-order valence-electron chi connectivity index (χ4n) is 4.89. The molecule has 0 unspecified atom stereocenters. The first kappa shape index (κ1) is 21.6. The van der Waals surface area contributed by atoms with Gasteiger partial charge >= 0.3 is 0 Å². The van der Waals surface area contributed by atoms with Crippen LogP contribution in [0.1, 0.15) is 41.5 Å². The zero-order chi connectivity index (χ0) is 19.6. The molecule has 2 aliphatic rings. The Hall–Kier alpha value is -0.693. The minimum absolute atomic E-state index is 0.0000352. The Morgan fingerprint density at radius 1 is 1.27 bits per heavy atom. The number of aliphatic hydroxyl groups excluding tert-OH is 1. The summed E-state index contributed by atoms with van der Waals surface area (Å²) in [4.78, 5) is 17.1. The third-order valence-corrected chi connectivity index (χ3v) is 11.6. The maximum atomic E-state index is 12.9. The highest BCUT2D eigenvalue weighted by Crippen LogP contribution is 2.48. The molecule has 0 bridgehead atoms. The Bertz CT molecular complexity index is 539. The number of amides is 1. The number of allylic oxidation sites excluding steroid dienone is 1. The smallest absolute Gasteiger partial charge is 0.234 e. The number of rotatable bonds is 10. The van der Waals surface area contributed by atoms with Gasteiger partial charge in [0, 0.05) is 24.7 Å². The maximum absolute atomic E-state index is 12.9. The van der Waals surface area contributed by atoms with Crippen LogP contribution in [0.3, 0.4) is 0 Å². The van der Waals surface area contributed by atoms with Gasteiger partial charge in [-0.25, -0.2) is 0 Å². The number of hydrogen-bond acceptors (Lipinski definition) is 4. The van der Waals surface area contributed by atoms with Crippen LogP contribution in [-0.4, -0.2) is 68.0 Å². The largest absolute Gasteiger partial charge is 0.413 e. The highest BCUT2D eigenvalue weighted by Gasteiger charge is 2.58. The van der Waals surface area contributed by atoms with E-state index in [1.807, 2.05) is 11.9 Å². The lowest BCUT2D eigenvalue weighted by Crippen LogP contribution is -2.64. The Balaban J connectivity index is 2.12. The summed E-state index contributed by atoms with van der Waals surface area (Å²) in [5.41, 5.74) is 2.45. The van der Waals surface area contributed by atoms with Crippen LogP contribution in [0.25, 0.3) is 0 Å². The second-order valence-corrected chi connectivity index (χ2v) is 12.9. The van der Waals surface area contributed by atoms with Crippen LogP contribution in [-0.2, 0) is 9.22 Å². The van der Waals surface area contributed by atoms with Crippen LogP contribution >= 0.6 is 0 Å². The summed E-state index contributed by atoms with van der Waals surface area (Å²) < 4.78 is 6.64.